The van der Waals surface area contributed by atoms with Crippen LogP contribution < -0.4 is 0 Å². The average Bonchev–Trinajstić information content (AvgIpc) is 2.15. The Hall–Kier alpha value is -0.730. The Morgan fingerprint density at radius 2 is 2.08 bits per heavy atom. The van der Waals surface area contributed by atoms with Gasteiger partial charge in [0.25, 0.3) is 0 Å². The van der Waals surface area contributed by atoms with E-state index in [-0.39, 0.29) is 11.9 Å². The van der Waals surface area contributed by atoms with Crippen molar-refractivity contribution in [2.75, 3.05) is 6.61 Å². The fraction of sp³-hybridized carbons (Fsp3) is 0.273. The second-order valence-corrected chi connectivity index (χ2v) is 4.22. The van der Waals surface area contributed by atoms with Gasteiger partial charge in [0.1, 0.15) is 0 Å². The molecule has 0 spiro atoms. The highest BCUT2D eigenvalue weighted by atomic mass is 32.2. The van der Waals surface area contributed by atoms with E-state index in [1.807, 2.05) is 37.3 Å². The van der Waals surface area contributed by atoms with Crippen molar-refractivity contribution in [3.63, 3.8) is 0 Å². The zero-order valence-electron chi connectivity index (χ0n) is 7.73. The van der Waals surface area contributed by atoms with Crippen LogP contribution in [0.2, 0.25) is 0 Å². The van der Waals surface area contributed by atoms with Crippen molar-refractivity contribution in [2.24, 2.45) is 0 Å². The van der Waals surface area contributed by atoms with Crippen molar-refractivity contribution < 1.29 is 5.11 Å². The summed E-state index contributed by atoms with van der Waals surface area (Å²) in [5.41, 5.74) is 1.01. The standard InChI is InChI=1S/C11H14OS/c1-9(2)11(8-12)13-10-6-4-3-5-7-10/h3-7,11-12H,1,8H2,2H3. The molecule has 0 aliphatic rings. The largest absolute Gasteiger partial charge is 0.395 e. The van der Waals surface area contributed by atoms with Crippen molar-refractivity contribution in [3.05, 3.63) is 42.5 Å². The Bertz CT molecular complexity index is 269. The van der Waals surface area contributed by atoms with E-state index >= 15 is 0 Å². The van der Waals surface area contributed by atoms with Crippen LogP contribution in [-0.2, 0) is 0 Å². The van der Waals surface area contributed by atoms with Gasteiger partial charge in [-0.25, -0.2) is 0 Å². The number of hydrogen-bond acceptors (Lipinski definition) is 2. The zero-order valence-corrected chi connectivity index (χ0v) is 8.55. The van der Waals surface area contributed by atoms with Crippen molar-refractivity contribution in [2.45, 2.75) is 17.1 Å². The molecule has 0 aliphatic heterocycles. The smallest absolute Gasteiger partial charge is 0.0591 e. The molecule has 0 aromatic heterocycles. The second-order valence-electron chi connectivity index (χ2n) is 2.95. The van der Waals surface area contributed by atoms with E-state index in [0.29, 0.717) is 0 Å². The molecule has 0 radical (unpaired) electrons. The van der Waals surface area contributed by atoms with Gasteiger partial charge in [-0.3, -0.25) is 0 Å². The first-order chi connectivity index (χ1) is 6.24. The fourth-order valence-corrected chi connectivity index (χ4v) is 1.88. The van der Waals surface area contributed by atoms with Crippen molar-refractivity contribution in [1.29, 1.82) is 0 Å². The summed E-state index contributed by atoms with van der Waals surface area (Å²) in [5, 5.41) is 9.19. The Morgan fingerprint density at radius 3 is 2.54 bits per heavy atom. The molecule has 70 valence electrons. The minimum Gasteiger partial charge on any atom is -0.395 e. The molecular formula is C11H14OS. The molecule has 1 aromatic carbocycles. The lowest BCUT2D eigenvalue weighted by molar-refractivity contribution is 0.304. The fourth-order valence-electron chi connectivity index (χ4n) is 0.957. The Labute approximate surface area is 83.5 Å². The summed E-state index contributed by atoms with van der Waals surface area (Å²) in [7, 11) is 0. The van der Waals surface area contributed by atoms with E-state index in [0.717, 1.165) is 5.57 Å². The van der Waals surface area contributed by atoms with E-state index in [1.165, 1.54) is 4.90 Å². The molecule has 1 aromatic rings. The van der Waals surface area contributed by atoms with Crippen LogP contribution in [0.3, 0.4) is 0 Å². The van der Waals surface area contributed by atoms with Gasteiger partial charge >= 0.3 is 0 Å². The summed E-state index contributed by atoms with van der Waals surface area (Å²) in [6.45, 7) is 5.93. The minimum atomic E-state index is 0.113. The molecule has 2 heteroatoms. The predicted molar refractivity (Wildman–Crippen MR) is 58.0 cm³/mol. The predicted octanol–water partition coefficient (Wildman–Crippen LogP) is 2.72. The number of thioether (sulfide) groups is 1. The van der Waals surface area contributed by atoms with E-state index in [2.05, 4.69) is 6.58 Å². The van der Waals surface area contributed by atoms with E-state index in [9.17, 15) is 0 Å². The van der Waals surface area contributed by atoms with Gasteiger partial charge in [-0.05, 0) is 19.1 Å². The molecule has 0 saturated heterocycles. The highest BCUT2D eigenvalue weighted by Gasteiger charge is 2.08. The van der Waals surface area contributed by atoms with Crippen LogP contribution in [-0.4, -0.2) is 17.0 Å². The summed E-state index contributed by atoms with van der Waals surface area (Å²) >= 11 is 1.65. The second kappa shape index (κ2) is 5.10. The van der Waals surface area contributed by atoms with Crippen LogP contribution in [0.5, 0.6) is 0 Å². The molecular weight excluding hydrogens is 180 g/mol. The number of aliphatic hydroxyl groups excluding tert-OH is 1. The molecule has 1 unspecified atom stereocenters. The number of aliphatic hydroxyl groups is 1. The average molecular weight is 194 g/mol. The molecule has 0 heterocycles. The van der Waals surface area contributed by atoms with Crippen molar-refractivity contribution in [1.82, 2.24) is 0 Å². The van der Waals surface area contributed by atoms with Gasteiger partial charge in [0, 0.05) is 4.90 Å². The van der Waals surface area contributed by atoms with Crippen LogP contribution in [0.25, 0.3) is 0 Å². The quantitative estimate of drug-likeness (QED) is 0.587. The Kier molecular flexibility index (Phi) is 4.06. The Balaban J connectivity index is 2.62. The maximum absolute atomic E-state index is 9.08. The van der Waals surface area contributed by atoms with Crippen LogP contribution in [0.15, 0.2) is 47.4 Å². The highest BCUT2D eigenvalue weighted by molar-refractivity contribution is 8.00. The van der Waals surface area contributed by atoms with Gasteiger partial charge in [0.2, 0.25) is 0 Å². The molecule has 0 amide bonds. The molecule has 0 aliphatic carbocycles. The first-order valence-corrected chi connectivity index (χ1v) is 5.10. The zero-order chi connectivity index (χ0) is 9.68. The van der Waals surface area contributed by atoms with Crippen molar-refractivity contribution >= 4 is 11.8 Å². The lowest BCUT2D eigenvalue weighted by atomic mass is 10.2. The van der Waals surface area contributed by atoms with Gasteiger partial charge in [-0.15, -0.1) is 11.8 Å². The molecule has 0 fully saturated rings. The number of benzene rings is 1. The molecule has 1 nitrogen and oxygen atoms in total. The lowest BCUT2D eigenvalue weighted by Crippen LogP contribution is -2.08. The third-order valence-electron chi connectivity index (χ3n) is 1.74. The highest BCUT2D eigenvalue weighted by Crippen LogP contribution is 2.26. The van der Waals surface area contributed by atoms with E-state index in [4.69, 9.17) is 5.11 Å². The van der Waals surface area contributed by atoms with Gasteiger partial charge < -0.3 is 5.11 Å². The summed E-state index contributed by atoms with van der Waals surface area (Å²) in [6.07, 6.45) is 0. The van der Waals surface area contributed by atoms with Crippen LogP contribution in [0, 0.1) is 0 Å². The molecule has 1 rings (SSSR count). The molecule has 13 heavy (non-hydrogen) atoms. The van der Waals surface area contributed by atoms with Crippen LogP contribution in [0.4, 0.5) is 0 Å². The summed E-state index contributed by atoms with van der Waals surface area (Å²) in [4.78, 5) is 1.17. The maximum Gasteiger partial charge on any atom is 0.0591 e. The normalized spacial score (nSPS) is 12.5. The summed E-state index contributed by atoms with van der Waals surface area (Å²) < 4.78 is 0. The van der Waals surface area contributed by atoms with Crippen molar-refractivity contribution in [3.8, 4) is 0 Å². The summed E-state index contributed by atoms with van der Waals surface area (Å²) in [6, 6.07) is 10.1. The first-order valence-electron chi connectivity index (χ1n) is 4.22. The van der Waals surface area contributed by atoms with E-state index < -0.39 is 0 Å². The molecule has 1 N–H and O–H groups in total. The van der Waals surface area contributed by atoms with Gasteiger partial charge in [0.15, 0.2) is 0 Å². The van der Waals surface area contributed by atoms with Gasteiger partial charge in [0.05, 0.1) is 11.9 Å². The molecule has 0 saturated carbocycles. The van der Waals surface area contributed by atoms with Gasteiger partial charge in [-0.1, -0.05) is 30.4 Å². The van der Waals surface area contributed by atoms with Crippen LogP contribution >= 0.6 is 11.8 Å². The Morgan fingerprint density at radius 1 is 1.46 bits per heavy atom. The molecule has 1 atom stereocenters. The third-order valence-corrected chi connectivity index (χ3v) is 3.12. The van der Waals surface area contributed by atoms with Gasteiger partial charge in [-0.2, -0.15) is 0 Å². The van der Waals surface area contributed by atoms with E-state index in [1.54, 1.807) is 11.8 Å². The maximum atomic E-state index is 9.08. The van der Waals surface area contributed by atoms with Crippen LogP contribution in [0.1, 0.15) is 6.92 Å². The SMILES string of the molecule is C=C(C)C(CO)Sc1ccccc1. The first kappa shape index (κ1) is 10.4. The molecule has 0 bridgehead atoms. The lowest BCUT2D eigenvalue weighted by Gasteiger charge is -2.12. The topological polar surface area (TPSA) is 20.2 Å². The monoisotopic (exact) mass is 194 g/mol. The summed E-state index contributed by atoms with van der Waals surface area (Å²) in [5.74, 6) is 0. The number of hydrogen-bond donors (Lipinski definition) is 1. The number of rotatable bonds is 4. The minimum absolute atomic E-state index is 0.113. The third kappa shape index (κ3) is 3.25.